The van der Waals surface area contributed by atoms with Crippen LogP contribution in [0.5, 0.6) is 0 Å². The van der Waals surface area contributed by atoms with Gasteiger partial charge in [0, 0.05) is 17.6 Å². The Morgan fingerprint density at radius 1 is 1.42 bits per heavy atom. The van der Waals surface area contributed by atoms with E-state index in [0.717, 1.165) is 16.5 Å². The number of halogens is 1. The fourth-order valence-corrected chi connectivity index (χ4v) is 2.79. The van der Waals surface area contributed by atoms with E-state index < -0.39 is 11.9 Å². The molecule has 1 saturated heterocycles. The highest BCUT2D eigenvalue weighted by Crippen LogP contribution is 2.18. The van der Waals surface area contributed by atoms with Crippen LogP contribution in [0.4, 0.5) is 0 Å². The number of piperidine rings is 1. The second kappa shape index (κ2) is 6.19. The summed E-state index contributed by atoms with van der Waals surface area (Å²) in [6.07, 6.45) is 1.75. The average Bonchev–Trinajstić information content (AvgIpc) is 2.39. The molecule has 0 radical (unpaired) electrons. The largest absolute Gasteiger partial charge is 0.481 e. The summed E-state index contributed by atoms with van der Waals surface area (Å²) in [7, 11) is 0. The number of hydrogen-bond donors (Lipinski definition) is 1. The number of amides is 1. The summed E-state index contributed by atoms with van der Waals surface area (Å²) in [5.41, 5.74) is 0.942. The van der Waals surface area contributed by atoms with Gasteiger partial charge in [0.2, 0.25) is 5.91 Å². The first kappa shape index (κ1) is 14.1. The fourth-order valence-electron chi connectivity index (χ4n) is 2.34. The van der Waals surface area contributed by atoms with Gasteiger partial charge in [-0.2, -0.15) is 0 Å². The predicted octanol–water partition coefficient (Wildman–Crippen LogP) is 2.31. The molecule has 1 aromatic carbocycles. The van der Waals surface area contributed by atoms with E-state index >= 15 is 0 Å². The van der Waals surface area contributed by atoms with Crippen molar-refractivity contribution in [2.75, 3.05) is 13.1 Å². The molecular formula is C14H16BrNO3. The minimum absolute atomic E-state index is 0.00375. The van der Waals surface area contributed by atoms with E-state index in [4.69, 9.17) is 5.11 Å². The summed E-state index contributed by atoms with van der Waals surface area (Å²) in [5.74, 6) is -1.22. The van der Waals surface area contributed by atoms with E-state index in [9.17, 15) is 9.59 Å². The number of hydrogen-bond acceptors (Lipinski definition) is 2. The number of likely N-dealkylation sites (tertiary alicyclic amines) is 1. The van der Waals surface area contributed by atoms with E-state index in [1.165, 1.54) is 0 Å². The molecule has 1 N–H and O–H groups in total. The van der Waals surface area contributed by atoms with E-state index in [0.29, 0.717) is 25.9 Å². The maximum atomic E-state index is 12.2. The summed E-state index contributed by atoms with van der Waals surface area (Å²) in [5, 5.41) is 9.02. The lowest BCUT2D eigenvalue weighted by atomic mass is 9.97. The minimum atomic E-state index is -0.806. The molecule has 0 aromatic heterocycles. The van der Waals surface area contributed by atoms with Gasteiger partial charge < -0.3 is 10.0 Å². The first-order chi connectivity index (χ1) is 9.06. The van der Waals surface area contributed by atoms with Crippen LogP contribution in [0.1, 0.15) is 18.4 Å². The predicted molar refractivity (Wildman–Crippen MR) is 74.8 cm³/mol. The number of carbonyl (C=O) groups excluding carboxylic acids is 1. The summed E-state index contributed by atoms with van der Waals surface area (Å²) < 4.78 is 0.944. The molecule has 4 nitrogen and oxygen atoms in total. The van der Waals surface area contributed by atoms with Crippen molar-refractivity contribution < 1.29 is 14.7 Å². The number of nitrogens with zero attached hydrogens (tertiary/aromatic N) is 1. The molecule has 1 heterocycles. The van der Waals surface area contributed by atoms with E-state index in [-0.39, 0.29) is 5.91 Å². The molecule has 1 amide bonds. The second-order valence-corrected chi connectivity index (χ2v) is 5.74. The highest BCUT2D eigenvalue weighted by Gasteiger charge is 2.27. The van der Waals surface area contributed by atoms with Crippen molar-refractivity contribution in [3.63, 3.8) is 0 Å². The zero-order chi connectivity index (χ0) is 13.8. The Hall–Kier alpha value is -1.36. The number of aliphatic carboxylic acids is 1. The smallest absolute Gasteiger partial charge is 0.308 e. The topological polar surface area (TPSA) is 57.6 Å². The fraction of sp³-hybridized carbons (Fsp3) is 0.429. The van der Waals surface area contributed by atoms with Crippen molar-refractivity contribution >= 4 is 27.8 Å². The van der Waals surface area contributed by atoms with Crippen molar-refractivity contribution in [1.82, 2.24) is 4.90 Å². The molecule has 2 rings (SSSR count). The highest BCUT2D eigenvalue weighted by molar-refractivity contribution is 9.10. The van der Waals surface area contributed by atoms with Crippen LogP contribution >= 0.6 is 15.9 Å². The number of rotatable bonds is 3. The van der Waals surface area contributed by atoms with E-state index in [2.05, 4.69) is 15.9 Å². The molecule has 1 aliphatic rings. The van der Waals surface area contributed by atoms with E-state index in [1.807, 2.05) is 24.3 Å². The quantitative estimate of drug-likeness (QED) is 0.927. The normalized spacial score (nSPS) is 19.2. The van der Waals surface area contributed by atoms with Gasteiger partial charge in [-0.3, -0.25) is 9.59 Å². The average molecular weight is 326 g/mol. The van der Waals surface area contributed by atoms with Gasteiger partial charge in [-0.25, -0.2) is 0 Å². The second-order valence-electron chi connectivity index (χ2n) is 4.82. The first-order valence-corrected chi connectivity index (χ1v) is 7.10. The Morgan fingerprint density at radius 3 is 2.89 bits per heavy atom. The highest BCUT2D eigenvalue weighted by atomic mass is 79.9. The Labute approximate surface area is 120 Å². The van der Waals surface area contributed by atoms with Gasteiger partial charge in [0.05, 0.1) is 12.3 Å². The van der Waals surface area contributed by atoms with Crippen LogP contribution in [0.2, 0.25) is 0 Å². The maximum absolute atomic E-state index is 12.2. The first-order valence-electron chi connectivity index (χ1n) is 6.31. The molecule has 0 saturated carbocycles. The molecule has 1 aromatic rings. The molecule has 19 heavy (non-hydrogen) atoms. The minimum Gasteiger partial charge on any atom is -0.481 e. The monoisotopic (exact) mass is 325 g/mol. The van der Waals surface area contributed by atoms with Gasteiger partial charge in [-0.1, -0.05) is 28.1 Å². The van der Waals surface area contributed by atoms with Crippen molar-refractivity contribution in [3.05, 3.63) is 34.3 Å². The third kappa shape index (κ3) is 3.80. The van der Waals surface area contributed by atoms with Gasteiger partial charge in [-0.05, 0) is 30.5 Å². The third-order valence-corrected chi connectivity index (χ3v) is 3.86. The Kier molecular flexibility index (Phi) is 4.58. The van der Waals surface area contributed by atoms with Crippen LogP contribution in [0.15, 0.2) is 28.7 Å². The Balaban J connectivity index is 1.98. The molecule has 0 aliphatic carbocycles. The van der Waals surface area contributed by atoms with Gasteiger partial charge in [0.25, 0.3) is 0 Å². The summed E-state index contributed by atoms with van der Waals surface area (Å²) >= 11 is 3.37. The summed E-state index contributed by atoms with van der Waals surface area (Å²) in [6, 6.07) is 7.62. The Bertz CT molecular complexity index is 489. The third-order valence-electron chi connectivity index (χ3n) is 3.37. The van der Waals surface area contributed by atoms with Crippen LogP contribution in [0.25, 0.3) is 0 Å². The molecule has 5 heteroatoms. The SMILES string of the molecule is O=C(O)[C@H]1CCCN(C(=O)Cc2cccc(Br)c2)C1. The Morgan fingerprint density at radius 2 is 2.21 bits per heavy atom. The number of carboxylic acids is 1. The summed E-state index contributed by atoms with van der Waals surface area (Å²) in [4.78, 5) is 24.8. The standard InChI is InChI=1S/C14H16BrNO3/c15-12-5-1-3-10(7-12)8-13(17)16-6-2-4-11(9-16)14(18)19/h1,3,5,7,11H,2,4,6,8-9H2,(H,18,19)/t11-/m0/s1. The zero-order valence-electron chi connectivity index (χ0n) is 10.5. The van der Waals surface area contributed by atoms with Crippen molar-refractivity contribution in [2.45, 2.75) is 19.3 Å². The van der Waals surface area contributed by atoms with Crippen LogP contribution in [0, 0.1) is 5.92 Å². The molecule has 0 bridgehead atoms. The van der Waals surface area contributed by atoms with Crippen LogP contribution in [-0.4, -0.2) is 35.0 Å². The van der Waals surface area contributed by atoms with Crippen LogP contribution in [0.3, 0.4) is 0 Å². The number of carbonyl (C=O) groups is 2. The van der Waals surface area contributed by atoms with Crippen LogP contribution < -0.4 is 0 Å². The number of benzene rings is 1. The van der Waals surface area contributed by atoms with Gasteiger partial charge >= 0.3 is 5.97 Å². The van der Waals surface area contributed by atoms with Crippen molar-refractivity contribution in [1.29, 1.82) is 0 Å². The van der Waals surface area contributed by atoms with E-state index in [1.54, 1.807) is 4.90 Å². The van der Waals surface area contributed by atoms with Gasteiger partial charge in [0.1, 0.15) is 0 Å². The summed E-state index contributed by atoms with van der Waals surface area (Å²) in [6.45, 7) is 0.999. The zero-order valence-corrected chi connectivity index (χ0v) is 12.1. The molecule has 102 valence electrons. The lowest BCUT2D eigenvalue weighted by Crippen LogP contribution is -2.42. The number of carboxylic acid groups (broad SMARTS) is 1. The molecule has 1 aliphatic heterocycles. The van der Waals surface area contributed by atoms with Crippen molar-refractivity contribution in [2.24, 2.45) is 5.92 Å². The van der Waals surface area contributed by atoms with Crippen LogP contribution in [-0.2, 0) is 16.0 Å². The van der Waals surface area contributed by atoms with Gasteiger partial charge in [0.15, 0.2) is 0 Å². The van der Waals surface area contributed by atoms with Crippen molar-refractivity contribution in [3.8, 4) is 0 Å². The lowest BCUT2D eigenvalue weighted by molar-refractivity contribution is -0.145. The molecule has 0 unspecified atom stereocenters. The van der Waals surface area contributed by atoms with Gasteiger partial charge in [-0.15, -0.1) is 0 Å². The molecule has 0 spiro atoms. The molecule has 1 fully saturated rings. The lowest BCUT2D eigenvalue weighted by Gasteiger charge is -2.30. The molecular weight excluding hydrogens is 310 g/mol. The molecule has 1 atom stereocenters. The maximum Gasteiger partial charge on any atom is 0.308 e.